The molecule has 1 unspecified atom stereocenters. The van der Waals surface area contributed by atoms with Crippen molar-refractivity contribution in [3.8, 4) is 23.6 Å². The second-order valence-corrected chi connectivity index (χ2v) is 10.1. The van der Waals surface area contributed by atoms with Crippen molar-refractivity contribution >= 4 is 17.4 Å². The lowest BCUT2D eigenvalue weighted by molar-refractivity contribution is -0.129. The van der Waals surface area contributed by atoms with Gasteiger partial charge in [-0.1, -0.05) is 42.5 Å². The summed E-state index contributed by atoms with van der Waals surface area (Å²) >= 11 is 0. The van der Waals surface area contributed by atoms with E-state index in [1.807, 2.05) is 12.1 Å². The SMILES string of the molecule is COc1ccc([C@@H]2CC(=O)C3=C(C[C@H](c4ccc(OC)cc4)C(C#N)(C#N)C34C(=O)Nc3ccccc34)O2)cc1. The Bertz CT molecular complexity index is 1630. The number of nitriles is 2. The number of carbonyl (C=O) groups is 2. The molecule has 0 saturated carbocycles. The number of amides is 1. The Labute approximate surface area is 231 Å². The number of nitrogens with zero attached hydrogens (tertiary/aromatic N) is 2. The maximum atomic E-state index is 14.2. The van der Waals surface area contributed by atoms with Gasteiger partial charge >= 0.3 is 0 Å². The Hall–Kier alpha value is -5.08. The third-order valence-electron chi connectivity index (χ3n) is 8.37. The number of fused-ring (bicyclic) bond motifs is 3. The molecule has 3 aromatic rings. The van der Waals surface area contributed by atoms with Crippen LogP contribution in [0.4, 0.5) is 5.69 Å². The van der Waals surface area contributed by atoms with Gasteiger partial charge in [0.15, 0.2) is 11.2 Å². The topological polar surface area (TPSA) is 121 Å². The Balaban J connectivity index is 1.61. The number of anilines is 1. The van der Waals surface area contributed by atoms with Crippen LogP contribution in [0.1, 0.15) is 41.6 Å². The standard InChI is InChI=1S/C32H25N3O5/c1-38-21-11-7-19(8-12-21)24-15-28-29(26(36)16-27(40-28)20-9-13-22(39-2)14-10-20)32(31(24,17-33)18-34)23-5-3-4-6-25(23)35-30(32)37/h3-14,24,27H,15-16H2,1-2H3,(H,35,37)/t24-,27+,32?/m1/s1. The minimum Gasteiger partial charge on any atom is -0.497 e. The normalized spacial score (nSPS) is 24.2. The number of benzene rings is 3. The average molecular weight is 532 g/mol. The van der Waals surface area contributed by atoms with Gasteiger partial charge in [0.05, 0.1) is 38.4 Å². The zero-order chi connectivity index (χ0) is 28.1. The number of para-hydroxylation sites is 1. The molecule has 1 N–H and O–H groups in total. The average Bonchev–Trinajstić information content (AvgIpc) is 3.29. The van der Waals surface area contributed by atoms with Gasteiger partial charge in [0.1, 0.15) is 28.8 Å². The molecule has 1 spiro atoms. The van der Waals surface area contributed by atoms with Gasteiger partial charge < -0.3 is 19.5 Å². The summed E-state index contributed by atoms with van der Waals surface area (Å²) in [5, 5.41) is 24.5. The highest BCUT2D eigenvalue weighted by Gasteiger charge is 2.72. The van der Waals surface area contributed by atoms with Crippen molar-refractivity contribution in [1.82, 2.24) is 0 Å². The molecule has 3 aliphatic rings. The van der Waals surface area contributed by atoms with Crippen molar-refractivity contribution in [2.75, 3.05) is 19.5 Å². The van der Waals surface area contributed by atoms with E-state index >= 15 is 0 Å². The van der Waals surface area contributed by atoms with E-state index in [9.17, 15) is 20.1 Å². The van der Waals surface area contributed by atoms with Crippen LogP contribution in [0.5, 0.6) is 11.5 Å². The van der Waals surface area contributed by atoms with Gasteiger partial charge in [-0.3, -0.25) is 9.59 Å². The fourth-order valence-electron chi connectivity index (χ4n) is 6.52. The van der Waals surface area contributed by atoms with Crippen LogP contribution in [-0.4, -0.2) is 25.9 Å². The van der Waals surface area contributed by atoms with Crippen LogP contribution in [0, 0.1) is 28.1 Å². The molecule has 8 nitrogen and oxygen atoms in total. The fourth-order valence-corrected chi connectivity index (χ4v) is 6.52. The zero-order valence-electron chi connectivity index (χ0n) is 21.9. The lowest BCUT2D eigenvalue weighted by atomic mass is 9.47. The number of allylic oxidation sites excluding steroid dienone is 1. The van der Waals surface area contributed by atoms with Crippen molar-refractivity contribution in [2.45, 2.75) is 30.3 Å². The van der Waals surface area contributed by atoms with Crippen LogP contribution in [0.15, 0.2) is 84.1 Å². The van der Waals surface area contributed by atoms with Crippen LogP contribution in [0.3, 0.4) is 0 Å². The van der Waals surface area contributed by atoms with Crippen molar-refractivity contribution in [3.05, 3.63) is 101 Å². The number of carbonyl (C=O) groups excluding carboxylic acids is 2. The number of Topliss-reactive ketones (excluding diaryl/α,β-unsaturated/α-hetero) is 1. The highest BCUT2D eigenvalue weighted by Crippen LogP contribution is 2.65. The number of hydrogen-bond acceptors (Lipinski definition) is 7. The summed E-state index contributed by atoms with van der Waals surface area (Å²) in [6, 6.07) is 25.8. The molecule has 0 saturated heterocycles. The van der Waals surface area contributed by atoms with E-state index in [0.717, 1.165) is 5.56 Å². The molecule has 0 radical (unpaired) electrons. The van der Waals surface area contributed by atoms with Gasteiger partial charge in [0.25, 0.3) is 0 Å². The first kappa shape index (κ1) is 25.2. The number of nitrogens with one attached hydrogen (secondary N) is 1. The molecule has 6 rings (SSSR count). The minimum atomic E-state index is -1.94. The maximum Gasteiger partial charge on any atom is 0.242 e. The van der Waals surface area contributed by atoms with E-state index in [1.54, 1.807) is 74.9 Å². The molecule has 0 fully saturated rings. The number of methoxy groups -OCH3 is 2. The quantitative estimate of drug-likeness (QED) is 0.497. The van der Waals surface area contributed by atoms with Crippen molar-refractivity contribution in [3.63, 3.8) is 0 Å². The largest absolute Gasteiger partial charge is 0.497 e. The number of ether oxygens (including phenoxy) is 3. The summed E-state index contributed by atoms with van der Waals surface area (Å²) in [6.07, 6.45) is -0.539. The molecule has 1 amide bonds. The van der Waals surface area contributed by atoms with Crippen LogP contribution in [-0.2, 0) is 19.7 Å². The predicted molar refractivity (Wildman–Crippen MR) is 144 cm³/mol. The van der Waals surface area contributed by atoms with E-state index in [0.29, 0.717) is 34.1 Å². The monoisotopic (exact) mass is 531 g/mol. The second kappa shape index (κ2) is 9.29. The third kappa shape index (κ3) is 3.29. The summed E-state index contributed by atoms with van der Waals surface area (Å²) in [6.45, 7) is 0. The first-order chi connectivity index (χ1) is 19.4. The van der Waals surface area contributed by atoms with Gasteiger partial charge in [-0.2, -0.15) is 10.5 Å². The molecule has 0 aromatic heterocycles. The molecular formula is C32H25N3O5. The number of rotatable bonds is 4. The number of ketones is 1. The Morgan fingerprint density at radius 1 is 0.850 bits per heavy atom. The summed E-state index contributed by atoms with van der Waals surface area (Å²) in [4.78, 5) is 28.3. The van der Waals surface area contributed by atoms with E-state index in [4.69, 9.17) is 14.2 Å². The lowest BCUT2D eigenvalue weighted by Crippen LogP contribution is -2.58. The molecule has 2 heterocycles. The fraction of sp³-hybridized carbons (Fsp3) is 0.250. The predicted octanol–water partition coefficient (Wildman–Crippen LogP) is 5.10. The van der Waals surface area contributed by atoms with Gasteiger partial charge in [0.2, 0.25) is 5.91 Å². The molecule has 8 heteroatoms. The maximum absolute atomic E-state index is 14.2. The molecular weight excluding hydrogens is 506 g/mol. The van der Waals surface area contributed by atoms with Crippen LogP contribution in [0.25, 0.3) is 0 Å². The van der Waals surface area contributed by atoms with Crippen LogP contribution >= 0.6 is 0 Å². The number of hydrogen-bond donors (Lipinski definition) is 1. The zero-order valence-corrected chi connectivity index (χ0v) is 21.9. The summed E-state index contributed by atoms with van der Waals surface area (Å²) in [7, 11) is 3.13. The summed E-state index contributed by atoms with van der Waals surface area (Å²) in [5.41, 5.74) is -1.40. The van der Waals surface area contributed by atoms with E-state index in [1.165, 1.54) is 0 Å². The molecule has 3 atom stereocenters. The first-order valence-electron chi connectivity index (χ1n) is 12.9. The van der Waals surface area contributed by atoms with E-state index < -0.39 is 28.8 Å². The Morgan fingerprint density at radius 2 is 1.45 bits per heavy atom. The third-order valence-corrected chi connectivity index (χ3v) is 8.37. The molecule has 2 aliphatic heterocycles. The van der Waals surface area contributed by atoms with Gasteiger partial charge in [-0.15, -0.1) is 0 Å². The van der Waals surface area contributed by atoms with E-state index in [-0.39, 0.29) is 24.2 Å². The van der Waals surface area contributed by atoms with Crippen molar-refractivity contribution in [1.29, 1.82) is 10.5 Å². The minimum absolute atomic E-state index is 0.0392. The molecule has 0 bridgehead atoms. The second-order valence-electron chi connectivity index (χ2n) is 10.1. The van der Waals surface area contributed by atoms with Crippen LogP contribution < -0.4 is 14.8 Å². The molecule has 3 aromatic carbocycles. The van der Waals surface area contributed by atoms with Crippen molar-refractivity contribution < 1.29 is 23.8 Å². The molecule has 1 aliphatic carbocycles. The summed E-state index contributed by atoms with van der Waals surface area (Å²) in [5.74, 6) is -0.0768. The Morgan fingerprint density at radius 3 is 2.05 bits per heavy atom. The van der Waals surface area contributed by atoms with Crippen LogP contribution in [0.2, 0.25) is 0 Å². The lowest BCUT2D eigenvalue weighted by Gasteiger charge is -2.49. The van der Waals surface area contributed by atoms with Gasteiger partial charge in [0, 0.05) is 18.0 Å². The Kier molecular flexibility index (Phi) is 5.85. The molecule has 40 heavy (non-hydrogen) atoms. The smallest absolute Gasteiger partial charge is 0.242 e. The van der Waals surface area contributed by atoms with E-state index in [2.05, 4.69) is 17.5 Å². The van der Waals surface area contributed by atoms with Crippen molar-refractivity contribution in [2.24, 2.45) is 5.41 Å². The summed E-state index contributed by atoms with van der Waals surface area (Å²) < 4.78 is 17.1. The highest BCUT2D eigenvalue weighted by molar-refractivity contribution is 6.17. The highest BCUT2D eigenvalue weighted by atomic mass is 16.5. The first-order valence-corrected chi connectivity index (χ1v) is 12.9. The molecule has 198 valence electrons. The van der Waals surface area contributed by atoms with Gasteiger partial charge in [-0.05, 0) is 47.0 Å². The van der Waals surface area contributed by atoms with Gasteiger partial charge in [-0.25, -0.2) is 0 Å².